The van der Waals surface area contributed by atoms with Gasteiger partial charge in [0.15, 0.2) is 0 Å². The molecule has 0 aliphatic heterocycles. The molecule has 0 atom stereocenters. The molecule has 0 amide bonds. The smallest absolute Gasteiger partial charge is 0.309 e. The maximum absolute atomic E-state index is 11.3. The minimum Gasteiger partial charge on any atom is -0.481 e. The zero-order chi connectivity index (χ0) is 20.1. The Morgan fingerprint density at radius 2 is 1.67 bits per heavy atom. The van der Waals surface area contributed by atoms with Gasteiger partial charge < -0.3 is 5.11 Å². The molecule has 0 aromatic heterocycles. The average Bonchev–Trinajstić information content (AvgIpc) is 3.36. The third-order valence-electron chi connectivity index (χ3n) is 6.48. The van der Waals surface area contributed by atoms with E-state index in [0.29, 0.717) is 5.41 Å². The highest BCUT2D eigenvalue weighted by molar-refractivity contribution is 5.77. The molecule has 2 rings (SSSR count). The molecule has 1 aliphatic carbocycles. The summed E-state index contributed by atoms with van der Waals surface area (Å²) < 4.78 is 0. The van der Waals surface area contributed by atoms with Gasteiger partial charge in [0, 0.05) is 0 Å². The van der Waals surface area contributed by atoms with E-state index in [4.69, 9.17) is 0 Å². The molecule has 1 N–H and O–H groups in total. The zero-order valence-corrected chi connectivity index (χ0v) is 18.3. The van der Waals surface area contributed by atoms with Gasteiger partial charge in [-0.15, -0.1) is 0 Å². The molecule has 1 aromatic carbocycles. The van der Waals surface area contributed by atoms with Gasteiger partial charge in [0.1, 0.15) is 0 Å². The maximum atomic E-state index is 11.3. The van der Waals surface area contributed by atoms with Crippen LogP contribution in [0.15, 0.2) is 12.1 Å². The molecular weight excluding hydrogens is 332 g/mol. The molecule has 1 saturated carbocycles. The Kier molecular flexibility index (Phi) is 7.54. The fraction of sp³-hybridized carbons (Fsp3) is 0.720. The van der Waals surface area contributed by atoms with Crippen LogP contribution in [0.1, 0.15) is 101 Å². The van der Waals surface area contributed by atoms with E-state index >= 15 is 0 Å². The van der Waals surface area contributed by atoms with Gasteiger partial charge in [-0.3, -0.25) is 4.79 Å². The van der Waals surface area contributed by atoms with E-state index in [1.54, 1.807) is 5.56 Å². The van der Waals surface area contributed by atoms with Crippen molar-refractivity contribution in [1.82, 2.24) is 0 Å². The van der Waals surface area contributed by atoms with E-state index < -0.39 is 5.97 Å². The van der Waals surface area contributed by atoms with E-state index in [0.717, 1.165) is 38.5 Å². The van der Waals surface area contributed by atoms with Crippen molar-refractivity contribution in [3.05, 3.63) is 34.4 Å². The molecule has 0 spiro atoms. The third-order valence-corrected chi connectivity index (χ3v) is 6.48. The van der Waals surface area contributed by atoms with Crippen LogP contribution in [0.2, 0.25) is 0 Å². The minimum absolute atomic E-state index is 0.350. The number of unbranched alkanes of at least 4 members (excludes halogenated alkanes) is 3. The van der Waals surface area contributed by atoms with Crippen molar-refractivity contribution in [2.75, 3.05) is 0 Å². The van der Waals surface area contributed by atoms with E-state index in [1.807, 2.05) is 0 Å². The lowest BCUT2D eigenvalue weighted by Gasteiger charge is -2.19. The van der Waals surface area contributed by atoms with Gasteiger partial charge in [-0.25, -0.2) is 0 Å². The van der Waals surface area contributed by atoms with Crippen LogP contribution in [0.5, 0.6) is 0 Å². The predicted molar refractivity (Wildman–Crippen MR) is 114 cm³/mol. The van der Waals surface area contributed by atoms with Gasteiger partial charge in [-0.1, -0.05) is 52.2 Å². The number of hydrogen-bond donors (Lipinski definition) is 1. The number of aryl methyl sites for hydroxylation is 2. The fourth-order valence-corrected chi connectivity index (χ4v) is 4.15. The van der Waals surface area contributed by atoms with Crippen LogP contribution >= 0.6 is 0 Å². The Balaban J connectivity index is 1.83. The van der Waals surface area contributed by atoms with Gasteiger partial charge >= 0.3 is 5.97 Å². The standard InChI is InChI=1S/C25H40O2/c1-19-13-14-21(11-8-10-15-24(3,4)5)22(20(19)2)12-7-6-9-16-25(17-18-25)23(26)27/h13-14H,6-12,15-18H2,1-5H3,(H,26,27). The summed E-state index contributed by atoms with van der Waals surface area (Å²) in [7, 11) is 0. The Morgan fingerprint density at radius 3 is 2.26 bits per heavy atom. The summed E-state index contributed by atoms with van der Waals surface area (Å²) in [6, 6.07) is 4.63. The predicted octanol–water partition coefficient (Wildman–Crippen LogP) is 7.03. The number of rotatable bonds is 11. The van der Waals surface area contributed by atoms with Crippen molar-refractivity contribution in [3.63, 3.8) is 0 Å². The first-order valence-corrected chi connectivity index (χ1v) is 11.0. The van der Waals surface area contributed by atoms with E-state index in [1.165, 1.54) is 48.8 Å². The number of carbonyl (C=O) groups is 1. The van der Waals surface area contributed by atoms with Crippen molar-refractivity contribution >= 4 is 5.97 Å². The van der Waals surface area contributed by atoms with E-state index in [2.05, 4.69) is 46.8 Å². The van der Waals surface area contributed by atoms with Crippen molar-refractivity contribution in [2.45, 2.75) is 105 Å². The fourth-order valence-electron chi connectivity index (χ4n) is 4.15. The molecule has 0 unspecified atom stereocenters. The first-order chi connectivity index (χ1) is 12.6. The van der Waals surface area contributed by atoms with Gasteiger partial charge in [-0.05, 0) is 92.9 Å². The molecule has 1 fully saturated rings. The van der Waals surface area contributed by atoms with Crippen LogP contribution in [0.25, 0.3) is 0 Å². The Hall–Kier alpha value is -1.31. The molecule has 27 heavy (non-hydrogen) atoms. The maximum Gasteiger partial charge on any atom is 0.309 e. The highest BCUT2D eigenvalue weighted by Gasteiger charge is 2.49. The highest BCUT2D eigenvalue weighted by atomic mass is 16.4. The number of carboxylic acid groups (broad SMARTS) is 1. The number of aliphatic carboxylic acids is 1. The lowest BCUT2D eigenvalue weighted by molar-refractivity contribution is -0.143. The van der Waals surface area contributed by atoms with Crippen molar-refractivity contribution in [3.8, 4) is 0 Å². The summed E-state index contributed by atoms with van der Waals surface area (Å²) in [6.07, 6.45) is 12.2. The second-order valence-electron chi connectivity index (χ2n) is 10.1. The quantitative estimate of drug-likeness (QED) is 0.423. The summed E-state index contributed by atoms with van der Waals surface area (Å²) in [5.74, 6) is -0.574. The van der Waals surface area contributed by atoms with Crippen LogP contribution in [0.3, 0.4) is 0 Å². The summed E-state index contributed by atoms with van der Waals surface area (Å²) in [5, 5.41) is 9.29. The lowest BCUT2D eigenvalue weighted by Crippen LogP contribution is -2.14. The van der Waals surface area contributed by atoms with Crippen LogP contribution in [-0.2, 0) is 17.6 Å². The first kappa shape index (κ1) is 22.0. The van der Waals surface area contributed by atoms with Gasteiger partial charge in [-0.2, -0.15) is 0 Å². The average molecular weight is 373 g/mol. The molecular formula is C25H40O2. The Labute approximate surface area is 166 Å². The molecule has 0 radical (unpaired) electrons. The second-order valence-corrected chi connectivity index (χ2v) is 10.1. The molecule has 0 heterocycles. The number of carboxylic acids is 1. The molecule has 2 nitrogen and oxygen atoms in total. The van der Waals surface area contributed by atoms with Crippen LogP contribution < -0.4 is 0 Å². The molecule has 1 aromatic rings. The zero-order valence-electron chi connectivity index (χ0n) is 18.3. The van der Waals surface area contributed by atoms with Crippen LogP contribution in [0, 0.1) is 24.7 Å². The minimum atomic E-state index is -0.574. The van der Waals surface area contributed by atoms with Crippen LogP contribution in [-0.4, -0.2) is 11.1 Å². The normalized spacial score (nSPS) is 15.7. The summed E-state index contributed by atoms with van der Waals surface area (Å²) in [6.45, 7) is 11.5. The van der Waals surface area contributed by atoms with E-state index in [9.17, 15) is 9.90 Å². The third kappa shape index (κ3) is 6.66. The largest absolute Gasteiger partial charge is 0.481 e. The number of benzene rings is 1. The highest BCUT2D eigenvalue weighted by Crippen LogP contribution is 2.50. The summed E-state index contributed by atoms with van der Waals surface area (Å²) in [5.41, 5.74) is 6.04. The van der Waals surface area contributed by atoms with Crippen molar-refractivity contribution < 1.29 is 9.90 Å². The van der Waals surface area contributed by atoms with Crippen LogP contribution in [0.4, 0.5) is 0 Å². The Bertz CT molecular complexity index is 632. The first-order valence-electron chi connectivity index (χ1n) is 11.0. The summed E-state index contributed by atoms with van der Waals surface area (Å²) >= 11 is 0. The monoisotopic (exact) mass is 372 g/mol. The molecule has 152 valence electrons. The van der Waals surface area contributed by atoms with Crippen molar-refractivity contribution in [2.24, 2.45) is 10.8 Å². The lowest BCUT2D eigenvalue weighted by atomic mass is 9.87. The summed E-state index contributed by atoms with van der Waals surface area (Å²) in [4.78, 5) is 11.3. The SMILES string of the molecule is Cc1ccc(CCCCC(C)(C)C)c(CCCCCC2(C(=O)O)CC2)c1C. The molecule has 1 aliphatic rings. The van der Waals surface area contributed by atoms with Gasteiger partial charge in [0.05, 0.1) is 5.41 Å². The second kappa shape index (κ2) is 9.26. The van der Waals surface area contributed by atoms with Gasteiger partial charge in [0.2, 0.25) is 0 Å². The Morgan fingerprint density at radius 1 is 1.00 bits per heavy atom. The van der Waals surface area contributed by atoms with Crippen molar-refractivity contribution in [1.29, 1.82) is 0 Å². The molecule has 0 saturated heterocycles. The van der Waals surface area contributed by atoms with E-state index in [-0.39, 0.29) is 5.41 Å². The number of hydrogen-bond acceptors (Lipinski definition) is 1. The molecule has 0 bridgehead atoms. The van der Waals surface area contributed by atoms with Gasteiger partial charge in [0.25, 0.3) is 0 Å². The topological polar surface area (TPSA) is 37.3 Å². The molecule has 2 heteroatoms.